The fraction of sp³-hybridized carbons (Fsp3) is 0.556. The fourth-order valence-corrected chi connectivity index (χ4v) is 2.39. The van der Waals surface area contributed by atoms with E-state index in [2.05, 4.69) is 6.92 Å². The van der Waals surface area contributed by atoms with E-state index in [0.29, 0.717) is 13.0 Å². The maximum Gasteiger partial charge on any atom is 0.224 e. The molecule has 0 radical (unpaired) electrons. The Morgan fingerprint density at radius 3 is 2.41 bits per heavy atom. The lowest BCUT2D eigenvalue weighted by Gasteiger charge is -2.25. The van der Waals surface area contributed by atoms with E-state index >= 15 is 0 Å². The molecule has 0 saturated carbocycles. The number of hydrogen-bond donors (Lipinski definition) is 0. The number of benzene rings is 1. The smallest absolute Gasteiger partial charge is 0.224 e. The summed E-state index contributed by atoms with van der Waals surface area (Å²) < 4.78 is 0. The van der Waals surface area contributed by atoms with Gasteiger partial charge in [0.25, 0.3) is 0 Å². The highest BCUT2D eigenvalue weighted by Crippen LogP contribution is 2.23. The third kappa shape index (κ3) is 4.86. The van der Waals surface area contributed by atoms with Crippen molar-refractivity contribution in [2.24, 2.45) is 0 Å². The van der Waals surface area contributed by atoms with Crippen LogP contribution in [0.25, 0.3) is 0 Å². The monoisotopic (exact) mass is 304 g/mol. The van der Waals surface area contributed by atoms with Gasteiger partial charge in [0.15, 0.2) is 0 Å². The van der Waals surface area contributed by atoms with Crippen molar-refractivity contribution in [3.63, 3.8) is 0 Å². The van der Waals surface area contributed by atoms with Crippen LogP contribution in [-0.4, -0.2) is 36.9 Å². The molecule has 22 heavy (non-hydrogen) atoms. The number of rotatable bonds is 7. The summed E-state index contributed by atoms with van der Waals surface area (Å²) in [5.41, 5.74) is 3.14. The molecule has 0 aliphatic carbocycles. The second-order valence-corrected chi connectivity index (χ2v) is 5.81. The van der Waals surface area contributed by atoms with Crippen LogP contribution in [0.15, 0.2) is 18.2 Å². The molecule has 1 rings (SSSR count). The van der Waals surface area contributed by atoms with Crippen LogP contribution in [0.5, 0.6) is 0 Å². The van der Waals surface area contributed by atoms with Crippen LogP contribution >= 0.6 is 0 Å². The van der Waals surface area contributed by atoms with Crippen molar-refractivity contribution in [3.8, 4) is 0 Å². The van der Waals surface area contributed by atoms with Crippen molar-refractivity contribution < 1.29 is 9.59 Å². The summed E-state index contributed by atoms with van der Waals surface area (Å²) >= 11 is 0. The molecule has 0 heterocycles. The van der Waals surface area contributed by atoms with E-state index in [0.717, 1.165) is 36.2 Å². The number of unbranched alkanes of at least 4 members (excludes halogenated alkanes) is 1. The zero-order valence-corrected chi connectivity index (χ0v) is 14.5. The van der Waals surface area contributed by atoms with Gasteiger partial charge in [-0.25, -0.2) is 0 Å². The van der Waals surface area contributed by atoms with Crippen LogP contribution in [-0.2, 0) is 9.59 Å². The Kier molecular flexibility index (Phi) is 7.09. The molecule has 122 valence electrons. The predicted molar refractivity (Wildman–Crippen MR) is 91.1 cm³/mol. The SMILES string of the molecule is CCCCN(C)C(=O)CCN(C(C)=O)c1cccc(C)c1C. The lowest BCUT2D eigenvalue weighted by Crippen LogP contribution is -2.35. The standard InChI is InChI=1S/C18H28N2O2/c1-6-7-12-19(5)18(22)11-13-20(16(4)21)17-10-8-9-14(2)15(17)3/h8-10H,6-7,11-13H2,1-5H3. The van der Waals surface area contributed by atoms with Crippen LogP contribution < -0.4 is 4.90 Å². The number of anilines is 1. The van der Waals surface area contributed by atoms with Crippen molar-refractivity contribution >= 4 is 17.5 Å². The Bertz CT molecular complexity index is 526. The molecule has 4 heteroatoms. The van der Waals surface area contributed by atoms with Crippen LogP contribution in [0.3, 0.4) is 0 Å². The van der Waals surface area contributed by atoms with E-state index in [-0.39, 0.29) is 11.8 Å². The summed E-state index contributed by atoms with van der Waals surface area (Å²) in [7, 11) is 1.83. The first-order valence-corrected chi connectivity index (χ1v) is 7.96. The Labute approximate surface area is 134 Å². The molecule has 4 nitrogen and oxygen atoms in total. The average molecular weight is 304 g/mol. The summed E-state index contributed by atoms with van der Waals surface area (Å²) in [5, 5.41) is 0. The minimum Gasteiger partial charge on any atom is -0.346 e. The third-order valence-corrected chi connectivity index (χ3v) is 4.07. The molecule has 0 aliphatic heterocycles. The molecular weight excluding hydrogens is 276 g/mol. The Morgan fingerprint density at radius 2 is 1.82 bits per heavy atom. The van der Waals surface area contributed by atoms with Crippen molar-refractivity contribution in [2.45, 2.75) is 47.0 Å². The normalized spacial score (nSPS) is 10.4. The highest BCUT2D eigenvalue weighted by atomic mass is 16.2. The van der Waals surface area contributed by atoms with Crippen LogP contribution in [0.1, 0.15) is 44.2 Å². The molecule has 2 amide bonds. The number of carbonyl (C=O) groups is 2. The quantitative estimate of drug-likeness (QED) is 0.775. The lowest BCUT2D eigenvalue weighted by molar-refractivity contribution is -0.129. The van der Waals surface area contributed by atoms with E-state index < -0.39 is 0 Å². The van der Waals surface area contributed by atoms with E-state index in [4.69, 9.17) is 0 Å². The van der Waals surface area contributed by atoms with Gasteiger partial charge in [0, 0.05) is 39.2 Å². The van der Waals surface area contributed by atoms with Crippen LogP contribution in [0.2, 0.25) is 0 Å². The number of nitrogens with zero attached hydrogens (tertiary/aromatic N) is 2. The second kappa shape index (κ2) is 8.57. The van der Waals surface area contributed by atoms with Gasteiger partial charge in [0.05, 0.1) is 0 Å². The first-order chi connectivity index (χ1) is 10.4. The highest BCUT2D eigenvalue weighted by Gasteiger charge is 2.17. The first-order valence-electron chi connectivity index (χ1n) is 7.96. The zero-order valence-electron chi connectivity index (χ0n) is 14.5. The molecule has 0 unspecified atom stereocenters. The molecule has 0 fully saturated rings. The number of carbonyl (C=O) groups excluding carboxylic acids is 2. The minimum absolute atomic E-state index is 0.0299. The minimum atomic E-state index is -0.0299. The van der Waals surface area contributed by atoms with Crippen molar-refractivity contribution in [1.82, 2.24) is 4.90 Å². The maximum absolute atomic E-state index is 12.1. The predicted octanol–water partition coefficient (Wildman–Crippen LogP) is 3.30. The first kappa shape index (κ1) is 18.2. The van der Waals surface area contributed by atoms with Gasteiger partial charge in [-0.15, -0.1) is 0 Å². The fourth-order valence-electron chi connectivity index (χ4n) is 2.39. The molecular formula is C18H28N2O2. The van der Waals surface area contributed by atoms with E-state index in [9.17, 15) is 9.59 Å². The molecule has 0 atom stereocenters. The summed E-state index contributed by atoms with van der Waals surface area (Å²) in [4.78, 5) is 27.6. The number of hydrogen-bond acceptors (Lipinski definition) is 2. The van der Waals surface area contributed by atoms with Gasteiger partial charge in [0.1, 0.15) is 0 Å². The zero-order chi connectivity index (χ0) is 16.7. The largest absolute Gasteiger partial charge is 0.346 e. The summed E-state index contributed by atoms with van der Waals surface area (Å²) in [6.45, 7) is 8.90. The molecule has 0 spiro atoms. The van der Waals surface area contributed by atoms with Crippen LogP contribution in [0, 0.1) is 13.8 Å². The highest BCUT2D eigenvalue weighted by molar-refractivity contribution is 5.93. The summed E-state index contributed by atoms with van der Waals surface area (Å²) in [6, 6.07) is 5.92. The Hall–Kier alpha value is -1.84. The maximum atomic E-state index is 12.1. The van der Waals surface area contributed by atoms with Gasteiger partial charge in [-0.2, -0.15) is 0 Å². The van der Waals surface area contributed by atoms with Gasteiger partial charge < -0.3 is 9.80 Å². The van der Waals surface area contributed by atoms with Crippen molar-refractivity contribution in [3.05, 3.63) is 29.3 Å². The van der Waals surface area contributed by atoms with E-state index in [1.165, 1.54) is 0 Å². The third-order valence-electron chi connectivity index (χ3n) is 4.07. The summed E-state index contributed by atoms with van der Waals surface area (Å²) in [6.07, 6.45) is 2.43. The van der Waals surface area contributed by atoms with Crippen LogP contribution in [0.4, 0.5) is 5.69 Å². The van der Waals surface area contributed by atoms with Crippen molar-refractivity contribution in [2.75, 3.05) is 25.0 Å². The lowest BCUT2D eigenvalue weighted by atomic mass is 10.1. The second-order valence-electron chi connectivity index (χ2n) is 5.81. The Morgan fingerprint density at radius 1 is 1.14 bits per heavy atom. The number of aryl methyl sites for hydroxylation is 1. The molecule has 0 aromatic heterocycles. The van der Waals surface area contributed by atoms with E-state index in [1.54, 1.807) is 16.7 Å². The van der Waals surface area contributed by atoms with Gasteiger partial charge in [-0.3, -0.25) is 9.59 Å². The van der Waals surface area contributed by atoms with Crippen molar-refractivity contribution in [1.29, 1.82) is 0 Å². The average Bonchev–Trinajstić information content (AvgIpc) is 2.48. The van der Waals surface area contributed by atoms with Gasteiger partial charge >= 0.3 is 0 Å². The molecule has 0 bridgehead atoms. The number of amides is 2. The molecule has 1 aromatic carbocycles. The molecule has 0 saturated heterocycles. The summed E-state index contributed by atoms with van der Waals surface area (Å²) in [5.74, 6) is 0.0581. The molecule has 0 N–H and O–H groups in total. The Balaban J connectivity index is 2.76. The van der Waals surface area contributed by atoms with Gasteiger partial charge in [-0.1, -0.05) is 25.5 Å². The topological polar surface area (TPSA) is 40.6 Å². The molecule has 0 aliphatic rings. The van der Waals surface area contributed by atoms with Gasteiger partial charge in [0.2, 0.25) is 11.8 Å². The van der Waals surface area contributed by atoms with E-state index in [1.807, 2.05) is 39.1 Å². The van der Waals surface area contributed by atoms with Gasteiger partial charge in [-0.05, 0) is 37.5 Å². The molecule has 1 aromatic rings.